The molecule has 0 amide bonds. The molecule has 0 spiro atoms. The third-order valence-corrected chi connectivity index (χ3v) is 35.7. The summed E-state index contributed by atoms with van der Waals surface area (Å²) in [5, 5.41) is 0. The summed E-state index contributed by atoms with van der Waals surface area (Å²) in [6.07, 6.45) is 9.08. The molecule has 0 saturated heterocycles. The minimum absolute atomic E-state index is 0.567. The summed E-state index contributed by atoms with van der Waals surface area (Å²) in [5.74, 6) is 0. The Labute approximate surface area is 103 Å². The van der Waals surface area contributed by atoms with Gasteiger partial charge in [0.25, 0.3) is 0 Å². The van der Waals surface area contributed by atoms with Crippen molar-refractivity contribution in [2.45, 2.75) is 8.35 Å². The average molecular weight is 391 g/mol. The van der Waals surface area contributed by atoms with E-state index in [1.165, 1.54) is 0 Å². The number of hydrogen-bond donors (Lipinski definition) is 0. The molecular formula is C12H26HfN3. The van der Waals surface area contributed by atoms with Gasteiger partial charge >= 0.3 is 103 Å². The van der Waals surface area contributed by atoms with Crippen LogP contribution in [0.3, 0.4) is 0 Å². The maximum absolute atomic E-state index is 3.42. The first-order valence-corrected chi connectivity index (χ1v) is 16.3. The van der Waals surface area contributed by atoms with E-state index in [1.54, 1.807) is 0 Å². The van der Waals surface area contributed by atoms with Crippen LogP contribution in [0.25, 0.3) is 0 Å². The molecule has 1 aliphatic carbocycles. The molecule has 0 N–H and O–H groups in total. The Morgan fingerprint density at radius 3 is 1.31 bits per heavy atom. The van der Waals surface area contributed by atoms with E-state index in [-0.39, 0.29) is 0 Å². The summed E-state index contributed by atoms with van der Waals surface area (Å²) in [4.78, 5) is 0. The second-order valence-electron chi connectivity index (χ2n) is 5.63. The standard InChI is InChI=1S/C5H5.3C2H6N.CH3.Hf/c1-2-4-5-3-1;3*1-3-2;;/h1-5H;3*1-2H3;1H3;/q;3*-1;;+3. The number of allylic oxidation sites excluding steroid dienone is 4. The molecule has 16 heavy (non-hydrogen) atoms. The molecule has 0 fully saturated rings. The van der Waals surface area contributed by atoms with Crippen molar-refractivity contribution in [2.24, 2.45) is 0 Å². The van der Waals surface area contributed by atoms with Crippen LogP contribution in [-0.4, -0.2) is 50.9 Å². The zero-order valence-corrected chi connectivity index (χ0v) is 15.3. The van der Waals surface area contributed by atoms with Crippen molar-refractivity contribution >= 4 is 0 Å². The first-order chi connectivity index (χ1) is 7.26. The van der Waals surface area contributed by atoms with Gasteiger partial charge in [-0.25, -0.2) is 0 Å². The van der Waals surface area contributed by atoms with E-state index in [0.29, 0.717) is 3.67 Å². The zero-order valence-electron chi connectivity index (χ0n) is 11.7. The first-order valence-electron chi connectivity index (χ1n) is 5.81. The van der Waals surface area contributed by atoms with E-state index in [2.05, 4.69) is 79.9 Å². The van der Waals surface area contributed by atoms with Crippen molar-refractivity contribution in [1.82, 2.24) is 8.66 Å². The van der Waals surface area contributed by atoms with Crippen LogP contribution in [0.2, 0.25) is 8.35 Å². The fourth-order valence-electron chi connectivity index (χ4n) is 2.98. The van der Waals surface area contributed by atoms with Crippen molar-refractivity contribution in [3.05, 3.63) is 24.3 Å². The van der Waals surface area contributed by atoms with Gasteiger partial charge in [-0.1, -0.05) is 0 Å². The van der Waals surface area contributed by atoms with Crippen LogP contribution in [0.4, 0.5) is 0 Å². The molecule has 3 nitrogen and oxygen atoms in total. The quantitative estimate of drug-likeness (QED) is 0.680. The molecular weight excluding hydrogens is 365 g/mol. The van der Waals surface area contributed by atoms with Crippen molar-refractivity contribution in [3.63, 3.8) is 0 Å². The molecule has 93 valence electrons. The van der Waals surface area contributed by atoms with Crippen LogP contribution >= 0.6 is 0 Å². The van der Waals surface area contributed by atoms with Gasteiger partial charge in [0.15, 0.2) is 0 Å². The van der Waals surface area contributed by atoms with E-state index in [4.69, 9.17) is 0 Å². The van der Waals surface area contributed by atoms with Crippen LogP contribution in [-0.2, 0) is 19.4 Å². The van der Waals surface area contributed by atoms with Crippen LogP contribution in [0.15, 0.2) is 24.3 Å². The predicted octanol–water partition coefficient (Wildman–Crippen LogP) is 2.07. The third-order valence-electron chi connectivity index (χ3n) is 4.84. The van der Waals surface area contributed by atoms with Gasteiger partial charge in [-0.05, 0) is 0 Å². The van der Waals surface area contributed by atoms with Crippen molar-refractivity contribution in [3.8, 4) is 0 Å². The second kappa shape index (κ2) is 4.48. The Hall–Kier alpha value is 0.230. The second-order valence-corrected chi connectivity index (χ2v) is 29.5. The molecule has 0 radical (unpaired) electrons. The summed E-state index contributed by atoms with van der Waals surface area (Å²) in [7, 11) is 13.4. The van der Waals surface area contributed by atoms with Gasteiger partial charge in [0.05, 0.1) is 0 Å². The fraction of sp³-hybridized carbons (Fsp3) is 0.667. The van der Waals surface area contributed by atoms with Gasteiger partial charge in [-0.3, -0.25) is 0 Å². The Morgan fingerprint density at radius 1 is 0.750 bits per heavy atom. The van der Waals surface area contributed by atoms with Gasteiger partial charge in [0.2, 0.25) is 0 Å². The number of nitrogens with zero attached hydrogens (tertiary/aromatic N) is 3. The van der Waals surface area contributed by atoms with Gasteiger partial charge in [-0.15, -0.1) is 0 Å². The molecule has 0 aliphatic heterocycles. The van der Waals surface area contributed by atoms with Crippen molar-refractivity contribution in [2.75, 3.05) is 42.3 Å². The van der Waals surface area contributed by atoms with Crippen molar-refractivity contribution < 1.29 is 19.4 Å². The summed E-state index contributed by atoms with van der Waals surface area (Å²) < 4.78 is 10.6. The van der Waals surface area contributed by atoms with E-state index in [1.807, 2.05) is 0 Å². The van der Waals surface area contributed by atoms with Gasteiger partial charge < -0.3 is 0 Å². The molecule has 0 bridgehead atoms. The Kier molecular flexibility index (Phi) is 4.00. The molecule has 1 aliphatic rings. The van der Waals surface area contributed by atoms with E-state index < -0.39 is 19.4 Å². The minimum atomic E-state index is -3.42. The first kappa shape index (κ1) is 14.3. The normalized spacial score (nSPS) is 20.0. The Balaban J connectivity index is 3.39. The summed E-state index contributed by atoms with van der Waals surface area (Å²) in [6, 6.07) is 0. The molecule has 0 aromatic rings. The summed E-state index contributed by atoms with van der Waals surface area (Å²) >= 11 is -3.42. The van der Waals surface area contributed by atoms with E-state index >= 15 is 0 Å². The van der Waals surface area contributed by atoms with E-state index in [9.17, 15) is 0 Å². The number of hydrogen-bond acceptors (Lipinski definition) is 3. The van der Waals surface area contributed by atoms with Crippen LogP contribution in [0.5, 0.6) is 0 Å². The molecule has 1 rings (SSSR count). The monoisotopic (exact) mass is 392 g/mol. The summed E-state index contributed by atoms with van der Waals surface area (Å²) in [6.45, 7) is 0. The molecule has 4 heteroatoms. The molecule has 0 aromatic heterocycles. The van der Waals surface area contributed by atoms with Gasteiger partial charge in [0.1, 0.15) is 0 Å². The maximum atomic E-state index is 2.50. The average Bonchev–Trinajstić information content (AvgIpc) is 2.68. The predicted molar refractivity (Wildman–Crippen MR) is 69.0 cm³/mol. The van der Waals surface area contributed by atoms with Crippen LogP contribution in [0.1, 0.15) is 0 Å². The molecule has 0 unspecified atom stereocenters. The van der Waals surface area contributed by atoms with Crippen LogP contribution in [0, 0.1) is 0 Å². The molecule has 0 aromatic carbocycles. The SMILES string of the molecule is C[N](C)[Hf]([CH3])([CH]1C=CC=C1)([N](C)C)[N](C)C. The summed E-state index contributed by atoms with van der Waals surface area (Å²) in [5.41, 5.74) is 0. The topological polar surface area (TPSA) is 9.72 Å². The molecule has 0 atom stereocenters. The zero-order chi connectivity index (χ0) is 12.6. The van der Waals surface area contributed by atoms with Gasteiger partial charge in [0, 0.05) is 0 Å². The van der Waals surface area contributed by atoms with Crippen LogP contribution < -0.4 is 0 Å². The van der Waals surface area contributed by atoms with E-state index in [0.717, 1.165) is 0 Å². The number of rotatable bonds is 4. The van der Waals surface area contributed by atoms with Gasteiger partial charge in [-0.2, -0.15) is 0 Å². The third kappa shape index (κ3) is 1.62. The molecule has 0 heterocycles. The fourth-order valence-corrected chi connectivity index (χ4v) is 22.1. The Bertz CT molecular complexity index is 282. The van der Waals surface area contributed by atoms with Crippen molar-refractivity contribution in [1.29, 1.82) is 0 Å². The Morgan fingerprint density at radius 2 is 1.06 bits per heavy atom. The molecule has 0 saturated carbocycles.